The van der Waals surface area contributed by atoms with Gasteiger partial charge in [-0.05, 0) is 69.1 Å². The molecule has 2 amide bonds. The van der Waals surface area contributed by atoms with Crippen LogP contribution in [0.3, 0.4) is 0 Å². The van der Waals surface area contributed by atoms with E-state index in [2.05, 4.69) is 33.8 Å². The Labute approximate surface area is 188 Å². The molecule has 0 radical (unpaired) electrons. The van der Waals surface area contributed by atoms with Crippen LogP contribution in [-0.4, -0.2) is 47.6 Å². The molecular weight excluding hydrogens is 404 g/mol. The van der Waals surface area contributed by atoms with Gasteiger partial charge in [0.2, 0.25) is 5.91 Å². The zero-order valence-electron chi connectivity index (χ0n) is 18.6. The highest BCUT2D eigenvalue weighted by atomic mass is 16.5. The SMILES string of the molecule is C[C@H](NC(=O)OCc1ccccc1)C(=O)Nc1ccc2[nH]cc(CC3CCCN3C)c2c1. The number of carbonyl (C=O) groups is 2. The zero-order valence-corrected chi connectivity index (χ0v) is 18.6. The monoisotopic (exact) mass is 434 g/mol. The molecule has 3 N–H and O–H groups in total. The fourth-order valence-electron chi connectivity index (χ4n) is 4.17. The maximum absolute atomic E-state index is 12.6. The van der Waals surface area contributed by atoms with Crippen LogP contribution in [0.2, 0.25) is 0 Å². The van der Waals surface area contributed by atoms with Gasteiger partial charge in [-0.25, -0.2) is 4.79 Å². The minimum absolute atomic E-state index is 0.157. The maximum atomic E-state index is 12.6. The van der Waals surface area contributed by atoms with Gasteiger partial charge in [-0.15, -0.1) is 0 Å². The van der Waals surface area contributed by atoms with E-state index in [4.69, 9.17) is 4.74 Å². The van der Waals surface area contributed by atoms with Gasteiger partial charge < -0.3 is 25.3 Å². The molecule has 1 fully saturated rings. The molecule has 2 atom stereocenters. The van der Waals surface area contributed by atoms with Gasteiger partial charge >= 0.3 is 6.09 Å². The summed E-state index contributed by atoms with van der Waals surface area (Å²) in [6.45, 7) is 2.94. The molecule has 0 spiro atoms. The molecule has 7 nitrogen and oxygen atoms in total. The Bertz CT molecular complexity index is 1080. The number of likely N-dealkylation sites (tertiary alicyclic amines) is 1. The summed E-state index contributed by atoms with van der Waals surface area (Å²) in [6.07, 6.45) is 4.88. The molecular formula is C25H30N4O3. The van der Waals surface area contributed by atoms with E-state index in [0.717, 1.165) is 29.4 Å². The van der Waals surface area contributed by atoms with E-state index in [9.17, 15) is 9.59 Å². The number of nitrogens with zero attached hydrogens (tertiary/aromatic N) is 1. The molecule has 1 aromatic heterocycles. The van der Waals surface area contributed by atoms with E-state index >= 15 is 0 Å². The lowest BCUT2D eigenvalue weighted by Gasteiger charge is -2.19. The van der Waals surface area contributed by atoms with Crippen LogP contribution in [0.25, 0.3) is 10.9 Å². The lowest BCUT2D eigenvalue weighted by Crippen LogP contribution is -2.41. The van der Waals surface area contributed by atoms with Gasteiger partial charge in [0.05, 0.1) is 0 Å². The van der Waals surface area contributed by atoms with E-state index in [-0.39, 0.29) is 12.5 Å². The van der Waals surface area contributed by atoms with Crippen molar-refractivity contribution in [3.63, 3.8) is 0 Å². The first-order valence-corrected chi connectivity index (χ1v) is 11.1. The summed E-state index contributed by atoms with van der Waals surface area (Å²) < 4.78 is 5.20. The first-order chi connectivity index (χ1) is 15.5. The van der Waals surface area contributed by atoms with Gasteiger partial charge in [0.25, 0.3) is 0 Å². The van der Waals surface area contributed by atoms with E-state index in [1.807, 2.05) is 48.5 Å². The summed E-state index contributed by atoms with van der Waals surface area (Å²) in [6, 6.07) is 15.1. The lowest BCUT2D eigenvalue weighted by molar-refractivity contribution is -0.117. The topological polar surface area (TPSA) is 86.5 Å². The Morgan fingerprint density at radius 3 is 2.78 bits per heavy atom. The molecule has 168 valence electrons. The Morgan fingerprint density at radius 1 is 1.22 bits per heavy atom. The van der Waals surface area contributed by atoms with Gasteiger partial charge in [0.15, 0.2) is 0 Å². The van der Waals surface area contributed by atoms with Gasteiger partial charge in [-0.2, -0.15) is 0 Å². The van der Waals surface area contributed by atoms with Crippen LogP contribution in [0.5, 0.6) is 0 Å². The average molecular weight is 435 g/mol. The number of carbonyl (C=O) groups excluding carboxylic acids is 2. The number of H-pyrrole nitrogens is 1. The predicted octanol–water partition coefficient (Wildman–Crippen LogP) is 4.06. The molecule has 3 aromatic rings. The minimum Gasteiger partial charge on any atom is -0.445 e. The second kappa shape index (κ2) is 9.87. The highest BCUT2D eigenvalue weighted by Gasteiger charge is 2.22. The fourth-order valence-corrected chi connectivity index (χ4v) is 4.17. The molecule has 7 heteroatoms. The number of fused-ring (bicyclic) bond motifs is 1. The molecule has 1 aliphatic heterocycles. The van der Waals surface area contributed by atoms with Gasteiger partial charge in [0, 0.05) is 28.8 Å². The summed E-state index contributed by atoms with van der Waals surface area (Å²) in [7, 11) is 2.18. The molecule has 1 saturated heterocycles. The molecule has 0 bridgehead atoms. The van der Waals surface area contributed by atoms with Crippen molar-refractivity contribution in [3.8, 4) is 0 Å². The Kier molecular flexibility index (Phi) is 6.75. The average Bonchev–Trinajstić information content (AvgIpc) is 3.39. The summed E-state index contributed by atoms with van der Waals surface area (Å²) in [4.78, 5) is 30.4. The number of rotatable bonds is 7. The number of likely N-dealkylation sites (N-methyl/N-ethyl adjacent to an activating group) is 1. The third kappa shape index (κ3) is 5.29. The van der Waals surface area contributed by atoms with Gasteiger partial charge in [-0.1, -0.05) is 30.3 Å². The second-order valence-corrected chi connectivity index (χ2v) is 8.47. The number of hydrogen-bond acceptors (Lipinski definition) is 4. The number of hydrogen-bond donors (Lipinski definition) is 3. The number of aromatic nitrogens is 1. The normalized spacial score (nSPS) is 17.2. The number of alkyl carbamates (subject to hydrolysis) is 1. The van der Waals surface area contributed by atoms with Crippen molar-refractivity contribution in [1.82, 2.24) is 15.2 Å². The number of nitrogens with one attached hydrogen (secondary N) is 3. The van der Waals surface area contributed by atoms with Gasteiger partial charge in [-0.3, -0.25) is 4.79 Å². The van der Waals surface area contributed by atoms with Crippen LogP contribution in [0, 0.1) is 0 Å². The molecule has 2 heterocycles. The molecule has 4 rings (SSSR count). The third-order valence-corrected chi connectivity index (χ3v) is 6.10. The largest absolute Gasteiger partial charge is 0.445 e. The summed E-state index contributed by atoms with van der Waals surface area (Å²) in [5.74, 6) is -0.298. The van der Waals surface area contributed by atoms with Crippen molar-refractivity contribution in [1.29, 1.82) is 0 Å². The first-order valence-electron chi connectivity index (χ1n) is 11.1. The Balaban J connectivity index is 1.34. The molecule has 0 saturated carbocycles. The zero-order chi connectivity index (χ0) is 22.5. The standard InChI is InChI=1S/C25H30N4O3/c1-17(27-25(31)32-16-18-7-4-3-5-8-18)24(30)28-20-10-11-23-22(14-20)19(15-26-23)13-21-9-6-12-29(21)2/h3-5,7-8,10-11,14-15,17,21,26H,6,9,12-13,16H2,1-2H3,(H,27,31)(H,28,30)/t17-,21?/m0/s1. The van der Waals surface area contributed by atoms with E-state index in [1.165, 1.54) is 18.4 Å². The van der Waals surface area contributed by atoms with Crippen molar-refractivity contribution < 1.29 is 14.3 Å². The molecule has 32 heavy (non-hydrogen) atoms. The quantitative estimate of drug-likeness (QED) is 0.523. The molecule has 0 aliphatic carbocycles. The first kappa shape index (κ1) is 21.9. The van der Waals surface area contributed by atoms with Crippen LogP contribution in [0.1, 0.15) is 30.9 Å². The maximum Gasteiger partial charge on any atom is 0.408 e. The van der Waals surface area contributed by atoms with E-state index in [1.54, 1.807) is 6.92 Å². The Hall–Kier alpha value is -3.32. The van der Waals surface area contributed by atoms with E-state index < -0.39 is 12.1 Å². The number of aromatic amines is 1. The number of benzene rings is 2. The fraction of sp³-hybridized carbons (Fsp3) is 0.360. The van der Waals surface area contributed by atoms with Crippen molar-refractivity contribution in [2.75, 3.05) is 18.9 Å². The summed E-state index contributed by atoms with van der Waals surface area (Å²) in [5, 5.41) is 6.60. The van der Waals surface area contributed by atoms with Crippen molar-refractivity contribution in [2.24, 2.45) is 0 Å². The van der Waals surface area contributed by atoms with Crippen LogP contribution in [-0.2, 0) is 22.6 Å². The third-order valence-electron chi connectivity index (χ3n) is 6.10. The second-order valence-electron chi connectivity index (χ2n) is 8.47. The van der Waals surface area contributed by atoms with Gasteiger partial charge in [0.1, 0.15) is 12.6 Å². The Morgan fingerprint density at radius 2 is 2.03 bits per heavy atom. The number of ether oxygens (including phenoxy) is 1. The highest BCUT2D eigenvalue weighted by molar-refractivity contribution is 5.98. The van der Waals surface area contributed by atoms with Crippen LogP contribution >= 0.6 is 0 Å². The van der Waals surface area contributed by atoms with E-state index in [0.29, 0.717) is 11.7 Å². The van der Waals surface area contributed by atoms with Crippen molar-refractivity contribution in [2.45, 2.75) is 44.9 Å². The van der Waals surface area contributed by atoms with Crippen LogP contribution < -0.4 is 10.6 Å². The summed E-state index contributed by atoms with van der Waals surface area (Å²) in [5.41, 5.74) is 3.90. The van der Waals surface area contributed by atoms with Crippen LogP contribution in [0.15, 0.2) is 54.7 Å². The highest BCUT2D eigenvalue weighted by Crippen LogP contribution is 2.27. The summed E-state index contributed by atoms with van der Waals surface area (Å²) >= 11 is 0. The molecule has 1 unspecified atom stereocenters. The molecule has 2 aromatic carbocycles. The molecule has 1 aliphatic rings. The predicted molar refractivity (Wildman–Crippen MR) is 126 cm³/mol. The smallest absolute Gasteiger partial charge is 0.408 e. The van der Waals surface area contributed by atoms with Crippen molar-refractivity contribution >= 4 is 28.6 Å². The number of amides is 2. The van der Waals surface area contributed by atoms with Crippen molar-refractivity contribution in [3.05, 3.63) is 65.9 Å². The minimum atomic E-state index is -0.730. The van der Waals surface area contributed by atoms with Crippen LogP contribution in [0.4, 0.5) is 10.5 Å². The lowest BCUT2D eigenvalue weighted by atomic mass is 10.0. The number of anilines is 1.